The number of rotatable bonds is 2. The minimum atomic E-state index is -0.405. The Balaban J connectivity index is 3.20. The van der Waals surface area contributed by atoms with Gasteiger partial charge in [-0.15, -0.1) is 0 Å². The molecule has 0 aliphatic heterocycles. The lowest BCUT2D eigenvalue weighted by molar-refractivity contribution is 0.0601. The van der Waals surface area contributed by atoms with Crippen LogP contribution in [0.25, 0.3) is 0 Å². The highest BCUT2D eigenvalue weighted by Crippen LogP contribution is 2.27. The van der Waals surface area contributed by atoms with Crippen molar-refractivity contribution in [2.45, 2.75) is 13.8 Å². The van der Waals surface area contributed by atoms with Crippen molar-refractivity contribution in [2.24, 2.45) is 0 Å². The van der Waals surface area contributed by atoms with E-state index in [-0.39, 0.29) is 0 Å². The lowest BCUT2D eigenvalue weighted by atomic mass is 10.0. The Morgan fingerprint density at radius 1 is 1.29 bits per heavy atom. The maximum atomic E-state index is 11.3. The zero-order valence-electron chi connectivity index (χ0n) is 8.43. The van der Waals surface area contributed by atoms with Gasteiger partial charge in [0, 0.05) is 5.92 Å². The van der Waals surface area contributed by atoms with Crippen LogP contribution in [0.5, 0.6) is 0 Å². The van der Waals surface area contributed by atoms with Crippen LogP contribution in [0.3, 0.4) is 0 Å². The van der Waals surface area contributed by atoms with Crippen molar-refractivity contribution in [1.82, 2.24) is 0 Å². The molecule has 14 heavy (non-hydrogen) atoms. The van der Waals surface area contributed by atoms with Crippen molar-refractivity contribution >= 4 is 17.6 Å². The molecule has 0 unspecified atom stereocenters. The van der Waals surface area contributed by atoms with E-state index >= 15 is 0 Å². The molecule has 0 aliphatic rings. The third-order valence-electron chi connectivity index (χ3n) is 1.94. The molecule has 75 valence electrons. The van der Waals surface area contributed by atoms with Crippen LogP contribution in [0.15, 0.2) is 18.2 Å². The Morgan fingerprint density at radius 3 is 2.36 bits per heavy atom. The monoisotopic (exact) mass is 211 g/mol. The Morgan fingerprint density at radius 2 is 1.86 bits per heavy atom. The van der Waals surface area contributed by atoms with Crippen molar-refractivity contribution in [3.63, 3.8) is 0 Å². The van der Waals surface area contributed by atoms with Gasteiger partial charge >= 0.3 is 5.97 Å². The van der Waals surface area contributed by atoms with Gasteiger partial charge in [-0.3, -0.25) is 0 Å². The average molecular weight is 212 g/mol. The molecule has 3 heteroatoms. The highest BCUT2D eigenvalue weighted by Gasteiger charge is 2.14. The van der Waals surface area contributed by atoms with Crippen LogP contribution in [0, 0.1) is 5.92 Å². The minimum Gasteiger partial charge on any atom is -0.465 e. The van der Waals surface area contributed by atoms with Crippen LogP contribution >= 0.6 is 11.6 Å². The van der Waals surface area contributed by atoms with Crippen molar-refractivity contribution < 1.29 is 9.53 Å². The largest absolute Gasteiger partial charge is 0.465 e. The molecule has 0 amide bonds. The number of ether oxygens (including phenoxy) is 1. The van der Waals surface area contributed by atoms with Crippen molar-refractivity contribution in [3.8, 4) is 0 Å². The Bertz CT molecular complexity index is 345. The topological polar surface area (TPSA) is 26.3 Å². The summed E-state index contributed by atoms with van der Waals surface area (Å²) in [5.74, 6) is 0.666. The van der Waals surface area contributed by atoms with Gasteiger partial charge in [0.25, 0.3) is 0 Å². The highest BCUT2D eigenvalue weighted by atomic mass is 35.5. The van der Waals surface area contributed by atoms with E-state index in [0.29, 0.717) is 10.6 Å². The van der Waals surface area contributed by atoms with E-state index in [4.69, 9.17) is 11.6 Å². The first-order chi connectivity index (χ1) is 6.57. The first-order valence-corrected chi connectivity index (χ1v) is 4.63. The molecule has 2 nitrogen and oxygen atoms in total. The van der Waals surface area contributed by atoms with Gasteiger partial charge in [0.2, 0.25) is 0 Å². The molecular formula is C11H12ClO2. The van der Waals surface area contributed by atoms with Gasteiger partial charge in [-0.25, -0.2) is 4.79 Å². The van der Waals surface area contributed by atoms with E-state index in [2.05, 4.69) is 4.74 Å². The smallest absolute Gasteiger partial charge is 0.339 e. The summed E-state index contributed by atoms with van der Waals surface area (Å²) in [4.78, 5) is 11.3. The van der Waals surface area contributed by atoms with Crippen LogP contribution in [0.1, 0.15) is 29.8 Å². The number of hydrogen-bond acceptors (Lipinski definition) is 2. The van der Waals surface area contributed by atoms with Gasteiger partial charge in [0.05, 0.1) is 17.7 Å². The molecular weight excluding hydrogens is 200 g/mol. The number of methoxy groups -OCH3 is 1. The standard InChI is InChI=1S/C11H12ClO2/c1-7(2)8-5-4-6-9(10(8)12)11(13)14-3/h4-6H,1-3H3. The molecule has 0 aliphatic carbocycles. The molecule has 1 rings (SSSR count). The summed E-state index contributed by atoms with van der Waals surface area (Å²) in [6, 6.07) is 5.32. The van der Waals surface area contributed by atoms with E-state index in [0.717, 1.165) is 11.5 Å². The van der Waals surface area contributed by atoms with Crippen molar-refractivity contribution in [1.29, 1.82) is 0 Å². The van der Waals surface area contributed by atoms with Gasteiger partial charge in [-0.05, 0) is 11.6 Å². The molecule has 0 fully saturated rings. The lowest BCUT2D eigenvalue weighted by Crippen LogP contribution is -2.04. The second-order valence-electron chi connectivity index (χ2n) is 3.16. The number of benzene rings is 1. The second kappa shape index (κ2) is 4.47. The lowest BCUT2D eigenvalue weighted by Gasteiger charge is -2.10. The zero-order chi connectivity index (χ0) is 10.7. The van der Waals surface area contributed by atoms with Gasteiger partial charge < -0.3 is 4.74 Å². The van der Waals surface area contributed by atoms with Crippen LogP contribution in [-0.4, -0.2) is 13.1 Å². The van der Waals surface area contributed by atoms with Crippen LogP contribution in [-0.2, 0) is 4.74 Å². The first-order valence-electron chi connectivity index (χ1n) is 4.25. The SMILES string of the molecule is COC(=O)c1cccc([C](C)C)c1Cl. The molecule has 0 saturated heterocycles. The number of esters is 1. The molecule has 0 saturated carbocycles. The molecule has 0 bridgehead atoms. The summed E-state index contributed by atoms with van der Waals surface area (Å²) in [5.41, 5.74) is 1.29. The normalized spacial score (nSPS) is 10.4. The molecule has 0 heterocycles. The molecule has 1 radical (unpaired) electrons. The van der Waals surface area contributed by atoms with Gasteiger partial charge in [-0.2, -0.15) is 0 Å². The fraction of sp³-hybridized carbons (Fsp3) is 0.273. The maximum Gasteiger partial charge on any atom is 0.339 e. The Hall–Kier alpha value is -1.02. The molecule has 1 aromatic rings. The summed E-state index contributed by atoms with van der Waals surface area (Å²) >= 11 is 6.06. The molecule has 0 N–H and O–H groups in total. The molecule has 0 aromatic heterocycles. The van der Waals surface area contributed by atoms with Gasteiger partial charge in [0.15, 0.2) is 0 Å². The predicted molar refractivity (Wildman–Crippen MR) is 56.5 cm³/mol. The van der Waals surface area contributed by atoms with Gasteiger partial charge in [0.1, 0.15) is 0 Å². The highest BCUT2D eigenvalue weighted by molar-refractivity contribution is 6.34. The molecule has 1 aromatic carbocycles. The summed E-state index contributed by atoms with van der Waals surface area (Å²) in [5, 5.41) is 0.458. The van der Waals surface area contributed by atoms with Crippen molar-refractivity contribution in [3.05, 3.63) is 40.3 Å². The Kier molecular flexibility index (Phi) is 3.53. The summed E-state index contributed by atoms with van der Waals surface area (Å²) < 4.78 is 4.62. The summed E-state index contributed by atoms with van der Waals surface area (Å²) in [7, 11) is 1.34. The van der Waals surface area contributed by atoms with Gasteiger partial charge in [-0.1, -0.05) is 37.6 Å². The van der Waals surface area contributed by atoms with E-state index in [1.54, 1.807) is 12.1 Å². The number of carbonyl (C=O) groups is 1. The first kappa shape index (κ1) is 11.1. The number of hydrogen-bond donors (Lipinski definition) is 0. The van der Waals surface area contributed by atoms with Crippen LogP contribution in [0.4, 0.5) is 0 Å². The minimum absolute atomic E-state index is 0.405. The van der Waals surface area contributed by atoms with Crippen LogP contribution in [0.2, 0.25) is 5.02 Å². The fourth-order valence-electron chi connectivity index (χ4n) is 1.19. The van der Waals surface area contributed by atoms with Crippen LogP contribution < -0.4 is 0 Å². The third kappa shape index (κ3) is 2.07. The molecule has 0 spiro atoms. The molecule has 0 atom stereocenters. The second-order valence-corrected chi connectivity index (χ2v) is 3.54. The predicted octanol–water partition coefficient (Wildman–Crippen LogP) is 3.09. The van der Waals surface area contributed by atoms with E-state index in [1.165, 1.54) is 7.11 Å². The zero-order valence-corrected chi connectivity index (χ0v) is 9.18. The van der Waals surface area contributed by atoms with E-state index in [9.17, 15) is 4.79 Å². The average Bonchev–Trinajstić information content (AvgIpc) is 2.16. The fourth-order valence-corrected chi connectivity index (χ4v) is 1.58. The number of halogens is 1. The maximum absolute atomic E-state index is 11.3. The third-order valence-corrected chi connectivity index (χ3v) is 2.35. The van der Waals surface area contributed by atoms with E-state index in [1.807, 2.05) is 19.9 Å². The summed E-state index contributed by atoms with van der Waals surface area (Å²) in [6.07, 6.45) is 0. The Labute approximate surface area is 88.8 Å². The van der Waals surface area contributed by atoms with E-state index < -0.39 is 5.97 Å². The number of carbonyl (C=O) groups excluding carboxylic acids is 1. The summed E-state index contributed by atoms with van der Waals surface area (Å²) in [6.45, 7) is 3.89. The van der Waals surface area contributed by atoms with Crippen molar-refractivity contribution in [2.75, 3.05) is 7.11 Å². The quantitative estimate of drug-likeness (QED) is 0.703.